The number of nitriles is 1. The van der Waals surface area contributed by atoms with Crippen molar-refractivity contribution in [3.63, 3.8) is 0 Å². The number of nitrogen functional groups attached to an aromatic ring is 1. The fraction of sp³-hybridized carbons (Fsp3) is 0.238. The van der Waals surface area contributed by atoms with Crippen molar-refractivity contribution in [1.82, 2.24) is 4.98 Å². The molecule has 4 rings (SSSR count). The summed E-state index contributed by atoms with van der Waals surface area (Å²) in [6.45, 7) is 1.93. The molecule has 0 unspecified atom stereocenters. The van der Waals surface area contributed by atoms with Gasteiger partial charge in [-0.1, -0.05) is 12.1 Å². The van der Waals surface area contributed by atoms with Crippen molar-refractivity contribution in [2.75, 3.05) is 23.7 Å². The molecule has 2 aromatic heterocycles. The predicted octanol–water partition coefficient (Wildman–Crippen LogP) is 3.55. The van der Waals surface area contributed by atoms with Crippen LogP contribution in [0.25, 0.3) is 22.6 Å². The van der Waals surface area contributed by atoms with Crippen LogP contribution in [0.1, 0.15) is 24.2 Å². The van der Waals surface area contributed by atoms with E-state index >= 15 is 0 Å². The number of hydrogen-bond donors (Lipinski definition) is 2. The van der Waals surface area contributed by atoms with Crippen LogP contribution in [-0.4, -0.2) is 23.2 Å². The molecule has 1 aliphatic rings. The van der Waals surface area contributed by atoms with Crippen molar-refractivity contribution in [2.24, 2.45) is 0 Å². The molecule has 27 heavy (non-hydrogen) atoms. The fourth-order valence-electron chi connectivity index (χ4n) is 3.47. The Bertz CT molecular complexity index is 1010. The van der Waals surface area contributed by atoms with Gasteiger partial charge in [0.15, 0.2) is 0 Å². The lowest BCUT2D eigenvalue weighted by Gasteiger charge is -2.18. The summed E-state index contributed by atoms with van der Waals surface area (Å²) in [7, 11) is 0. The molecule has 3 aromatic rings. The highest BCUT2D eigenvalue weighted by atomic mass is 16.4. The van der Waals surface area contributed by atoms with Gasteiger partial charge in [-0.05, 0) is 43.2 Å². The minimum absolute atomic E-state index is 0.165. The van der Waals surface area contributed by atoms with Crippen LogP contribution in [0, 0.1) is 11.3 Å². The fourth-order valence-corrected chi connectivity index (χ4v) is 3.47. The molecule has 136 valence electrons. The van der Waals surface area contributed by atoms with E-state index in [-0.39, 0.29) is 18.0 Å². The molecule has 0 atom stereocenters. The Kier molecular flexibility index (Phi) is 4.53. The number of nitrogens with two attached hydrogens (primary N) is 1. The third-order valence-electron chi connectivity index (χ3n) is 4.86. The number of aromatic nitrogens is 1. The van der Waals surface area contributed by atoms with Gasteiger partial charge in [0.05, 0.1) is 5.69 Å². The van der Waals surface area contributed by atoms with E-state index in [0.717, 1.165) is 24.3 Å². The highest BCUT2D eigenvalue weighted by molar-refractivity contribution is 5.78. The van der Waals surface area contributed by atoms with E-state index in [0.29, 0.717) is 22.8 Å². The van der Waals surface area contributed by atoms with Gasteiger partial charge in [-0.2, -0.15) is 5.26 Å². The molecule has 1 aliphatic heterocycles. The Hall–Kier alpha value is -3.30. The Labute approximate surface area is 157 Å². The highest BCUT2D eigenvalue weighted by Gasteiger charge is 2.17. The molecule has 0 bridgehead atoms. The second-order valence-corrected chi connectivity index (χ2v) is 6.60. The molecular weight excluding hydrogens is 340 g/mol. The zero-order valence-electron chi connectivity index (χ0n) is 14.9. The Morgan fingerprint density at radius 2 is 2.00 bits per heavy atom. The molecule has 3 N–H and O–H groups in total. The second-order valence-electron chi connectivity index (χ2n) is 6.60. The Balaban J connectivity index is 1.80. The van der Waals surface area contributed by atoms with Crippen LogP contribution in [0.2, 0.25) is 0 Å². The van der Waals surface area contributed by atoms with Gasteiger partial charge in [0.25, 0.3) is 0 Å². The zero-order valence-corrected chi connectivity index (χ0v) is 14.9. The van der Waals surface area contributed by atoms with E-state index < -0.39 is 0 Å². The maximum Gasteiger partial charge on any atom is 0.142 e. The average Bonchev–Trinajstić information content (AvgIpc) is 3.39. The van der Waals surface area contributed by atoms with E-state index in [1.165, 1.54) is 12.8 Å². The molecule has 0 spiro atoms. The first-order valence-corrected chi connectivity index (χ1v) is 8.95. The number of aliphatic hydroxyl groups is 1. The maximum atomic E-state index is 9.51. The molecule has 0 saturated carbocycles. The highest BCUT2D eigenvalue weighted by Crippen LogP contribution is 2.33. The van der Waals surface area contributed by atoms with Crippen LogP contribution in [-0.2, 0) is 6.61 Å². The van der Waals surface area contributed by atoms with E-state index in [2.05, 4.69) is 28.1 Å². The number of nitrogens with zero attached hydrogens (tertiary/aromatic N) is 3. The summed E-state index contributed by atoms with van der Waals surface area (Å²) < 4.78 is 5.62. The first-order chi connectivity index (χ1) is 13.2. The zero-order chi connectivity index (χ0) is 18.8. The minimum Gasteiger partial charge on any atom is -0.459 e. The minimum atomic E-state index is -0.201. The van der Waals surface area contributed by atoms with Gasteiger partial charge in [-0.15, -0.1) is 0 Å². The van der Waals surface area contributed by atoms with Crippen molar-refractivity contribution in [3.05, 3.63) is 53.8 Å². The summed E-state index contributed by atoms with van der Waals surface area (Å²) in [5.74, 6) is 1.09. The Morgan fingerprint density at radius 3 is 2.70 bits per heavy atom. The van der Waals surface area contributed by atoms with Crippen LogP contribution >= 0.6 is 0 Å². The summed E-state index contributed by atoms with van der Waals surface area (Å²) in [6, 6.07) is 15.5. The number of hydrogen-bond acceptors (Lipinski definition) is 6. The summed E-state index contributed by atoms with van der Waals surface area (Å²) in [5.41, 5.74) is 9.70. The molecule has 6 nitrogen and oxygen atoms in total. The molecule has 3 heterocycles. The van der Waals surface area contributed by atoms with Gasteiger partial charge in [0.2, 0.25) is 0 Å². The van der Waals surface area contributed by atoms with Gasteiger partial charge in [0.1, 0.15) is 35.6 Å². The normalized spacial score (nSPS) is 13.7. The summed E-state index contributed by atoms with van der Waals surface area (Å²) in [6.07, 6.45) is 2.42. The van der Waals surface area contributed by atoms with Gasteiger partial charge < -0.3 is 20.2 Å². The SMILES string of the molecule is N#Cc1c(-c2ccc(CO)o2)cc(-c2cccc(N3CCCC3)c2)nc1N. The third-order valence-corrected chi connectivity index (χ3v) is 4.86. The van der Waals surface area contributed by atoms with Crippen LogP contribution in [0.5, 0.6) is 0 Å². The summed E-state index contributed by atoms with van der Waals surface area (Å²) >= 11 is 0. The number of anilines is 2. The van der Waals surface area contributed by atoms with E-state index in [4.69, 9.17) is 10.2 Å². The number of rotatable bonds is 4. The van der Waals surface area contributed by atoms with Crippen LogP contribution < -0.4 is 10.6 Å². The monoisotopic (exact) mass is 360 g/mol. The molecule has 6 heteroatoms. The average molecular weight is 360 g/mol. The molecule has 0 amide bonds. The molecule has 0 radical (unpaired) electrons. The molecule has 0 aliphatic carbocycles. The van der Waals surface area contributed by atoms with Gasteiger partial charge >= 0.3 is 0 Å². The third kappa shape index (κ3) is 3.25. The van der Waals surface area contributed by atoms with E-state index in [1.807, 2.05) is 18.2 Å². The standard InChI is InChI=1S/C21H20N4O2/c22-12-18-17(20-7-6-16(13-26)27-20)11-19(24-21(18)23)14-4-3-5-15(10-14)25-8-1-2-9-25/h3-7,10-11,26H,1-2,8-9,13H2,(H2,23,24). The number of pyridine rings is 1. The van der Waals surface area contributed by atoms with E-state index in [9.17, 15) is 10.4 Å². The van der Waals surface area contributed by atoms with Crippen molar-refractivity contribution in [1.29, 1.82) is 5.26 Å². The number of aliphatic hydroxyl groups excluding tert-OH is 1. The van der Waals surface area contributed by atoms with Gasteiger partial charge in [-0.25, -0.2) is 4.98 Å². The van der Waals surface area contributed by atoms with E-state index in [1.54, 1.807) is 12.1 Å². The predicted molar refractivity (Wildman–Crippen MR) is 104 cm³/mol. The molecular formula is C21H20N4O2. The largest absolute Gasteiger partial charge is 0.459 e. The molecule has 1 aromatic carbocycles. The smallest absolute Gasteiger partial charge is 0.142 e. The topological polar surface area (TPSA) is 99.3 Å². The summed E-state index contributed by atoms with van der Waals surface area (Å²) in [4.78, 5) is 6.80. The van der Waals surface area contributed by atoms with Crippen LogP contribution in [0.4, 0.5) is 11.5 Å². The van der Waals surface area contributed by atoms with Crippen LogP contribution in [0.15, 0.2) is 46.9 Å². The molecule has 1 fully saturated rings. The van der Waals surface area contributed by atoms with Gasteiger partial charge in [0, 0.05) is 29.9 Å². The van der Waals surface area contributed by atoms with Crippen molar-refractivity contribution in [3.8, 4) is 28.7 Å². The lowest BCUT2D eigenvalue weighted by atomic mass is 10.0. The number of benzene rings is 1. The maximum absolute atomic E-state index is 9.51. The lowest BCUT2D eigenvalue weighted by molar-refractivity contribution is 0.248. The van der Waals surface area contributed by atoms with Crippen molar-refractivity contribution in [2.45, 2.75) is 19.4 Å². The van der Waals surface area contributed by atoms with Crippen molar-refractivity contribution < 1.29 is 9.52 Å². The lowest BCUT2D eigenvalue weighted by Crippen LogP contribution is -2.17. The van der Waals surface area contributed by atoms with Crippen LogP contribution in [0.3, 0.4) is 0 Å². The van der Waals surface area contributed by atoms with Gasteiger partial charge in [-0.3, -0.25) is 0 Å². The van der Waals surface area contributed by atoms with Crippen molar-refractivity contribution >= 4 is 11.5 Å². The molecule has 1 saturated heterocycles. The Morgan fingerprint density at radius 1 is 1.19 bits per heavy atom. The quantitative estimate of drug-likeness (QED) is 0.738. The number of furan rings is 1. The first kappa shape index (κ1) is 17.1. The summed E-state index contributed by atoms with van der Waals surface area (Å²) in [5, 5.41) is 18.8. The second kappa shape index (κ2) is 7.14. The first-order valence-electron chi connectivity index (χ1n) is 8.95.